The monoisotopic (exact) mass is 369 g/mol. The molecule has 0 aliphatic rings. The zero-order valence-corrected chi connectivity index (χ0v) is 16.5. The van der Waals surface area contributed by atoms with Crippen LogP contribution in [0, 0.1) is 5.92 Å². The van der Waals surface area contributed by atoms with Gasteiger partial charge in [-0.25, -0.2) is 0 Å². The standard InChI is InChI=1S/C26H27NO/c1-20(2)18-25(23-16-10-5-11-17-23)27-26(28)24(22-14-8-4-9-15-22)19-21-12-6-3-7-13-21/h3-17,19-20,25H,18H2,1-2H3,(H,27,28)/b24-19+/t25-/m0/s1. The molecule has 0 spiro atoms. The lowest BCUT2D eigenvalue weighted by Crippen LogP contribution is -2.30. The average molecular weight is 370 g/mol. The minimum Gasteiger partial charge on any atom is -0.345 e. The Bertz CT molecular complexity index is 899. The Balaban J connectivity index is 1.93. The average Bonchev–Trinajstić information content (AvgIpc) is 2.73. The van der Waals surface area contributed by atoms with Gasteiger partial charge in [-0.05, 0) is 35.1 Å². The molecule has 0 saturated carbocycles. The topological polar surface area (TPSA) is 29.1 Å². The molecule has 0 aliphatic carbocycles. The molecule has 2 heteroatoms. The van der Waals surface area contributed by atoms with Gasteiger partial charge in [-0.3, -0.25) is 4.79 Å². The van der Waals surface area contributed by atoms with E-state index in [2.05, 4.69) is 31.3 Å². The fourth-order valence-electron chi connectivity index (χ4n) is 3.28. The molecule has 0 saturated heterocycles. The maximum absolute atomic E-state index is 13.3. The van der Waals surface area contributed by atoms with Crippen molar-refractivity contribution in [2.75, 3.05) is 0 Å². The summed E-state index contributed by atoms with van der Waals surface area (Å²) in [4.78, 5) is 13.3. The smallest absolute Gasteiger partial charge is 0.252 e. The van der Waals surface area contributed by atoms with Crippen LogP contribution >= 0.6 is 0 Å². The van der Waals surface area contributed by atoms with Gasteiger partial charge in [0, 0.05) is 5.57 Å². The van der Waals surface area contributed by atoms with Crippen LogP contribution in [0.1, 0.15) is 43.0 Å². The minimum atomic E-state index is -0.0513. The van der Waals surface area contributed by atoms with E-state index in [1.807, 2.05) is 84.9 Å². The highest BCUT2D eigenvalue weighted by Crippen LogP contribution is 2.24. The molecule has 142 valence electrons. The Hall–Kier alpha value is -3.13. The van der Waals surface area contributed by atoms with E-state index in [1.165, 1.54) is 0 Å². The third-order valence-electron chi connectivity index (χ3n) is 4.65. The molecule has 1 N–H and O–H groups in total. The molecule has 2 nitrogen and oxygen atoms in total. The summed E-state index contributed by atoms with van der Waals surface area (Å²) in [5, 5.41) is 3.28. The van der Waals surface area contributed by atoms with Crippen LogP contribution in [0.15, 0.2) is 91.0 Å². The highest BCUT2D eigenvalue weighted by atomic mass is 16.1. The van der Waals surface area contributed by atoms with Crippen LogP contribution in [0.3, 0.4) is 0 Å². The maximum Gasteiger partial charge on any atom is 0.252 e. The van der Waals surface area contributed by atoms with Gasteiger partial charge in [0.05, 0.1) is 6.04 Å². The largest absolute Gasteiger partial charge is 0.345 e. The Morgan fingerprint density at radius 2 is 1.36 bits per heavy atom. The molecule has 0 aliphatic heterocycles. The number of carbonyl (C=O) groups excluding carboxylic acids is 1. The first-order valence-electron chi connectivity index (χ1n) is 9.81. The van der Waals surface area contributed by atoms with Crippen molar-refractivity contribution >= 4 is 17.6 Å². The molecule has 3 aromatic carbocycles. The second kappa shape index (κ2) is 9.70. The van der Waals surface area contributed by atoms with Crippen LogP contribution in [0.2, 0.25) is 0 Å². The molecular weight excluding hydrogens is 342 g/mol. The SMILES string of the molecule is CC(C)C[C@H](NC(=O)/C(=C/c1ccccc1)c1ccccc1)c1ccccc1. The predicted octanol–water partition coefficient (Wildman–Crippen LogP) is 6.13. The molecule has 3 rings (SSSR count). The molecule has 28 heavy (non-hydrogen) atoms. The van der Waals surface area contributed by atoms with E-state index in [0.717, 1.165) is 23.1 Å². The van der Waals surface area contributed by atoms with Crippen molar-refractivity contribution in [3.63, 3.8) is 0 Å². The van der Waals surface area contributed by atoms with Crippen molar-refractivity contribution in [3.8, 4) is 0 Å². The first-order valence-corrected chi connectivity index (χ1v) is 9.81. The fraction of sp³-hybridized carbons (Fsp3) is 0.192. The van der Waals surface area contributed by atoms with Crippen molar-refractivity contribution in [1.82, 2.24) is 5.32 Å². The highest BCUT2D eigenvalue weighted by molar-refractivity contribution is 6.24. The highest BCUT2D eigenvalue weighted by Gasteiger charge is 2.19. The first-order chi connectivity index (χ1) is 13.6. The van der Waals surface area contributed by atoms with E-state index in [9.17, 15) is 4.79 Å². The third-order valence-corrected chi connectivity index (χ3v) is 4.65. The second-order valence-electron chi connectivity index (χ2n) is 7.40. The number of benzene rings is 3. The Morgan fingerprint density at radius 3 is 1.93 bits per heavy atom. The third kappa shape index (κ3) is 5.43. The molecule has 3 aromatic rings. The van der Waals surface area contributed by atoms with E-state index in [4.69, 9.17) is 0 Å². The van der Waals surface area contributed by atoms with E-state index in [0.29, 0.717) is 11.5 Å². The maximum atomic E-state index is 13.3. The quantitative estimate of drug-likeness (QED) is 0.394. The summed E-state index contributed by atoms with van der Waals surface area (Å²) >= 11 is 0. The van der Waals surface area contributed by atoms with Gasteiger partial charge in [0.25, 0.3) is 5.91 Å². The molecule has 1 amide bonds. The fourth-order valence-corrected chi connectivity index (χ4v) is 3.28. The Morgan fingerprint density at radius 1 is 0.821 bits per heavy atom. The van der Waals surface area contributed by atoms with Crippen molar-refractivity contribution in [2.45, 2.75) is 26.3 Å². The lowest BCUT2D eigenvalue weighted by molar-refractivity contribution is -0.116. The summed E-state index contributed by atoms with van der Waals surface area (Å²) in [5.41, 5.74) is 3.74. The molecule has 0 fully saturated rings. The molecular formula is C26H27NO. The number of amides is 1. The molecule has 0 radical (unpaired) electrons. The van der Waals surface area contributed by atoms with Gasteiger partial charge < -0.3 is 5.32 Å². The zero-order chi connectivity index (χ0) is 19.8. The van der Waals surface area contributed by atoms with Crippen LogP contribution in [0.25, 0.3) is 11.6 Å². The summed E-state index contributed by atoms with van der Waals surface area (Å²) in [5.74, 6) is 0.424. The van der Waals surface area contributed by atoms with Gasteiger partial charge >= 0.3 is 0 Å². The molecule has 0 bridgehead atoms. The van der Waals surface area contributed by atoms with Crippen LogP contribution in [0.5, 0.6) is 0 Å². The van der Waals surface area contributed by atoms with Crippen molar-refractivity contribution in [1.29, 1.82) is 0 Å². The summed E-state index contributed by atoms with van der Waals surface area (Å²) < 4.78 is 0. The number of hydrogen-bond donors (Lipinski definition) is 1. The van der Waals surface area contributed by atoms with Crippen LogP contribution in [-0.4, -0.2) is 5.91 Å². The molecule has 0 aromatic heterocycles. The summed E-state index contributed by atoms with van der Waals surface area (Å²) in [6.45, 7) is 4.36. The number of carbonyl (C=O) groups is 1. The Kier molecular flexibility index (Phi) is 6.80. The van der Waals surface area contributed by atoms with Crippen molar-refractivity contribution in [2.24, 2.45) is 5.92 Å². The number of hydrogen-bond acceptors (Lipinski definition) is 1. The van der Waals surface area contributed by atoms with Gasteiger partial charge in [-0.1, -0.05) is 105 Å². The Labute approximate surface area is 167 Å². The van der Waals surface area contributed by atoms with E-state index >= 15 is 0 Å². The van der Waals surface area contributed by atoms with Gasteiger partial charge in [0.1, 0.15) is 0 Å². The second-order valence-corrected chi connectivity index (χ2v) is 7.40. The van der Waals surface area contributed by atoms with Gasteiger partial charge in [0.2, 0.25) is 0 Å². The van der Waals surface area contributed by atoms with Crippen molar-refractivity contribution in [3.05, 3.63) is 108 Å². The molecule has 1 atom stereocenters. The lowest BCUT2D eigenvalue weighted by Gasteiger charge is -2.22. The van der Waals surface area contributed by atoms with Gasteiger partial charge in [-0.15, -0.1) is 0 Å². The number of rotatable bonds is 7. The van der Waals surface area contributed by atoms with E-state index in [1.54, 1.807) is 0 Å². The summed E-state index contributed by atoms with van der Waals surface area (Å²) in [6, 6.07) is 30.0. The van der Waals surface area contributed by atoms with Crippen LogP contribution < -0.4 is 5.32 Å². The normalized spacial score (nSPS) is 12.6. The predicted molar refractivity (Wildman–Crippen MR) is 118 cm³/mol. The minimum absolute atomic E-state index is 0.0171. The summed E-state index contributed by atoms with van der Waals surface area (Å²) in [6.07, 6.45) is 2.85. The van der Waals surface area contributed by atoms with E-state index < -0.39 is 0 Å². The van der Waals surface area contributed by atoms with Crippen LogP contribution in [-0.2, 0) is 4.79 Å². The van der Waals surface area contributed by atoms with Gasteiger partial charge in [-0.2, -0.15) is 0 Å². The first kappa shape index (κ1) is 19.6. The van der Waals surface area contributed by atoms with Crippen molar-refractivity contribution < 1.29 is 4.79 Å². The summed E-state index contributed by atoms with van der Waals surface area (Å²) in [7, 11) is 0. The molecule has 0 unspecified atom stereocenters. The van der Waals surface area contributed by atoms with Gasteiger partial charge in [0.15, 0.2) is 0 Å². The van der Waals surface area contributed by atoms with E-state index in [-0.39, 0.29) is 11.9 Å². The molecule has 0 heterocycles. The zero-order valence-electron chi connectivity index (χ0n) is 16.5. The number of nitrogens with one attached hydrogen (secondary N) is 1. The lowest BCUT2D eigenvalue weighted by atomic mass is 9.95. The van der Waals surface area contributed by atoms with Crippen LogP contribution in [0.4, 0.5) is 0 Å².